The molecule has 0 unspecified atom stereocenters. The number of hydrogen-bond acceptors (Lipinski definition) is 4. The number of hydrogen-bond donors (Lipinski definition) is 0. The topological polar surface area (TPSA) is 54.3 Å². The van der Waals surface area contributed by atoms with Crippen molar-refractivity contribution in [1.29, 1.82) is 0 Å². The zero-order chi connectivity index (χ0) is 19.0. The normalized spacial score (nSPS) is 15.3. The SMILES string of the molecule is Cc1cc(N(C)C2CCN(C(=O)c3cn(C)c4ccccc34)CC2)ncn1. The highest BCUT2D eigenvalue weighted by molar-refractivity contribution is 6.07. The predicted molar refractivity (Wildman–Crippen MR) is 107 cm³/mol. The molecule has 1 saturated heterocycles. The number of rotatable bonds is 3. The van der Waals surface area contributed by atoms with Crippen LogP contribution in [0.2, 0.25) is 0 Å². The lowest BCUT2D eigenvalue weighted by Gasteiger charge is -2.37. The zero-order valence-corrected chi connectivity index (χ0v) is 16.1. The van der Waals surface area contributed by atoms with Crippen LogP contribution >= 0.6 is 0 Å². The van der Waals surface area contributed by atoms with Crippen LogP contribution in [0.1, 0.15) is 28.9 Å². The van der Waals surface area contributed by atoms with E-state index in [0.717, 1.165) is 53.9 Å². The van der Waals surface area contributed by atoms with Crippen molar-refractivity contribution < 1.29 is 4.79 Å². The number of carbonyl (C=O) groups excluding carboxylic acids is 1. The van der Waals surface area contributed by atoms with Crippen LogP contribution in [0.5, 0.6) is 0 Å². The van der Waals surface area contributed by atoms with E-state index >= 15 is 0 Å². The van der Waals surface area contributed by atoms with Crippen LogP contribution < -0.4 is 4.90 Å². The Morgan fingerprint density at radius 3 is 2.67 bits per heavy atom. The second kappa shape index (κ2) is 7.02. The number of fused-ring (bicyclic) bond motifs is 1. The molecule has 2 aromatic heterocycles. The highest BCUT2D eigenvalue weighted by atomic mass is 16.2. The van der Waals surface area contributed by atoms with E-state index in [1.54, 1.807) is 6.33 Å². The Balaban J connectivity index is 1.46. The van der Waals surface area contributed by atoms with Gasteiger partial charge in [-0.25, -0.2) is 9.97 Å². The molecule has 0 bridgehead atoms. The molecule has 1 aliphatic rings. The van der Waals surface area contributed by atoms with Gasteiger partial charge in [0.25, 0.3) is 5.91 Å². The standard InChI is InChI=1S/C21H25N5O/c1-15-12-20(23-14-22-15)25(3)16-8-10-26(11-9-16)21(27)18-13-24(2)19-7-5-4-6-17(18)19/h4-7,12-14,16H,8-11H2,1-3H3. The Labute approximate surface area is 159 Å². The second-order valence-corrected chi connectivity index (χ2v) is 7.32. The number of amides is 1. The van der Waals surface area contributed by atoms with Crippen molar-refractivity contribution in [2.45, 2.75) is 25.8 Å². The first kappa shape index (κ1) is 17.5. The molecule has 4 rings (SSSR count). The summed E-state index contributed by atoms with van der Waals surface area (Å²) in [5, 5.41) is 1.03. The number of likely N-dealkylation sites (tertiary alicyclic amines) is 1. The molecule has 0 saturated carbocycles. The van der Waals surface area contributed by atoms with Crippen molar-refractivity contribution in [2.24, 2.45) is 7.05 Å². The fraction of sp³-hybridized carbons (Fsp3) is 0.381. The smallest absolute Gasteiger partial charge is 0.256 e. The largest absolute Gasteiger partial charge is 0.356 e. The quantitative estimate of drug-likeness (QED) is 0.718. The Kier molecular flexibility index (Phi) is 4.56. The number of nitrogens with zero attached hydrogens (tertiary/aromatic N) is 5. The number of aromatic nitrogens is 3. The van der Waals surface area contributed by atoms with E-state index in [1.807, 2.05) is 53.9 Å². The summed E-state index contributed by atoms with van der Waals surface area (Å²) in [4.78, 5) is 25.9. The van der Waals surface area contributed by atoms with Crippen molar-refractivity contribution in [3.05, 3.63) is 54.1 Å². The van der Waals surface area contributed by atoms with Crippen molar-refractivity contribution in [3.63, 3.8) is 0 Å². The average molecular weight is 363 g/mol. The summed E-state index contributed by atoms with van der Waals surface area (Å²) in [6.07, 6.45) is 5.45. The third-order valence-electron chi connectivity index (χ3n) is 5.58. The summed E-state index contributed by atoms with van der Waals surface area (Å²) in [6.45, 7) is 3.51. The van der Waals surface area contributed by atoms with E-state index in [9.17, 15) is 4.79 Å². The summed E-state index contributed by atoms with van der Waals surface area (Å²) < 4.78 is 2.03. The number of anilines is 1. The van der Waals surface area contributed by atoms with Gasteiger partial charge in [0.2, 0.25) is 0 Å². The lowest BCUT2D eigenvalue weighted by atomic mass is 10.0. The monoisotopic (exact) mass is 363 g/mol. The first-order valence-electron chi connectivity index (χ1n) is 9.39. The molecule has 1 aromatic carbocycles. The molecule has 140 valence electrons. The minimum absolute atomic E-state index is 0.130. The zero-order valence-electron chi connectivity index (χ0n) is 16.1. The lowest BCUT2D eigenvalue weighted by molar-refractivity contribution is 0.0715. The third-order valence-corrected chi connectivity index (χ3v) is 5.58. The average Bonchev–Trinajstić information content (AvgIpc) is 3.04. The Morgan fingerprint density at radius 2 is 1.93 bits per heavy atom. The Bertz CT molecular complexity index is 972. The minimum Gasteiger partial charge on any atom is -0.356 e. The van der Waals surface area contributed by atoms with Gasteiger partial charge in [-0.05, 0) is 25.8 Å². The maximum atomic E-state index is 13.1. The first-order chi connectivity index (χ1) is 13.0. The molecular formula is C21H25N5O. The van der Waals surface area contributed by atoms with Crippen molar-refractivity contribution in [2.75, 3.05) is 25.0 Å². The summed E-state index contributed by atoms with van der Waals surface area (Å²) >= 11 is 0. The molecule has 6 nitrogen and oxygen atoms in total. The van der Waals surface area contributed by atoms with E-state index < -0.39 is 0 Å². The molecule has 6 heteroatoms. The second-order valence-electron chi connectivity index (χ2n) is 7.32. The molecule has 0 radical (unpaired) electrons. The van der Waals surface area contributed by atoms with Crippen LogP contribution in [0.25, 0.3) is 10.9 Å². The fourth-order valence-corrected chi connectivity index (χ4v) is 3.96. The Morgan fingerprint density at radius 1 is 1.19 bits per heavy atom. The van der Waals surface area contributed by atoms with E-state index in [1.165, 1.54) is 0 Å². The summed E-state index contributed by atoms with van der Waals surface area (Å²) in [5.74, 6) is 1.08. The van der Waals surface area contributed by atoms with E-state index in [0.29, 0.717) is 6.04 Å². The third kappa shape index (κ3) is 3.27. The summed E-state index contributed by atoms with van der Waals surface area (Å²) in [7, 11) is 4.07. The van der Waals surface area contributed by atoms with Crippen LogP contribution in [0.4, 0.5) is 5.82 Å². The highest BCUT2D eigenvalue weighted by Gasteiger charge is 2.28. The Hall–Kier alpha value is -2.89. The van der Waals surface area contributed by atoms with Gasteiger partial charge in [0.1, 0.15) is 12.1 Å². The number of benzene rings is 1. The van der Waals surface area contributed by atoms with Gasteiger partial charge in [-0.15, -0.1) is 0 Å². The molecule has 1 aliphatic heterocycles. The molecule has 0 N–H and O–H groups in total. The van der Waals surface area contributed by atoms with E-state index in [-0.39, 0.29) is 5.91 Å². The molecule has 0 spiro atoms. The molecular weight excluding hydrogens is 338 g/mol. The van der Waals surface area contributed by atoms with Gasteiger partial charge in [0.15, 0.2) is 0 Å². The molecule has 27 heavy (non-hydrogen) atoms. The van der Waals surface area contributed by atoms with Gasteiger partial charge < -0.3 is 14.4 Å². The number of para-hydroxylation sites is 1. The van der Waals surface area contributed by atoms with Crippen LogP contribution in [-0.2, 0) is 7.05 Å². The van der Waals surface area contributed by atoms with Crippen LogP contribution in [-0.4, -0.2) is 51.5 Å². The van der Waals surface area contributed by atoms with Crippen molar-refractivity contribution in [1.82, 2.24) is 19.4 Å². The minimum atomic E-state index is 0.130. The van der Waals surface area contributed by atoms with Crippen molar-refractivity contribution in [3.8, 4) is 0 Å². The van der Waals surface area contributed by atoms with Crippen LogP contribution in [0, 0.1) is 6.92 Å². The maximum absolute atomic E-state index is 13.1. The lowest BCUT2D eigenvalue weighted by Crippen LogP contribution is -2.45. The van der Waals surface area contributed by atoms with Gasteiger partial charge in [0, 0.05) is 62.1 Å². The van der Waals surface area contributed by atoms with E-state index in [4.69, 9.17) is 0 Å². The van der Waals surface area contributed by atoms with Crippen LogP contribution in [0.15, 0.2) is 42.9 Å². The van der Waals surface area contributed by atoms with Gasteiger partial charge >= 0.3 is 0 Å². The number of carbonyl (C=O) groups is 1. The van der Waals surface area contributed by atoms with Gasteiger partial charge in [-0.1, -0.05) is 18.2 Å². The molecule has 0 aliphatic carbocycles. The highest BCUT2D eigenvalue weighted by Crippen LogP contribution is 2.25. The van der Waals surface area contributed by atoms with Gasteiger partial charge in [-0.2, -0.15) is 0 Å². The number of aryl methyl sites for hydroxylation is 2. The van der Waals surface area contributed by atoms with Crippen molar-refractivity contribution >= 4 is 22.6 Å². The number of piperidine rings is 1. The molecule has 1 amide bonds. The molecule has 3 aromatic rings. The summed E-state index contributed by atoms with van der Waals surface area (Å²) in [6, 6.07) is 10.5. The van der Waals surface area contributed by atoms with Gasteiger partial charge in [0.05, 0.1) is 5.56 Å². The maximum Gasteiger partial charge on any atom is 0.256 e. The fourth-order valence-electron chi connectivity index (χ4n) is 3.96. The molecule has 1 fully saturated rings. The summed E-state index contributed by atoms with van der Waals surface area (Å²) in [5.41, 5.74) is 2.86. The first-order valence-corrected chi connectivity index (χ1v) is 9.39. The predicted octanol–water partition coefficient (Wildman–Crippen LogP) is 3.02. The van der Waals surface area contributed by atoms with E-state index in [2.05, 4.69) is 28.0 Å². The molecule has 3 heterocycles. The van der Waals surface area contributed by atoms with Crippen LogP contribution in [0.3, 0.4) is 0 Å². The molecule has 0 atom stereocenters. The van der Waals surface area contributed by atoms with Gasteiger partial charge in [-0.3, -0.25) is 4.79 Å².